The Hall–Kier alpha value is -0.770. The quantitative estimate of drug-likeness (QED) is 0.805. The van der Waals surface area contributed by atoms with E-state index in [2.05, 4.69) is 5.32 Å². The second-order valence-electron chi connectivity index (χ2n) is 6.00. The third-order valence-electron chi connectivity index (χ3n) is 2.61. The minimum atomic E-state index is -0.422. The van der Waals surface area contributed by atoms with Gasteiger partial charge in [-0.15, -0.1) is 0 Å². The van der Waals surface area contributed by atoms with E-state index in [1.807, 2.05) is 34.6 Å². The number of rotatable bonds is 5. The summed E-state index contributed by atoms with van der Waals surface area (Å²) in [5, 5.41) is 3.41. The van der Waals surface area contributed by atoms with Crippen LogP contribution >= 0.6 is 0 Å². The lowest BCUT2D eigenvalue weighted by Gasteiger charge is -2.30. The van der Waals surface area contributed by atoms with Gasteiger partial charge < -0.3 is 15.0 Å². The van der Waals surface area contributed by atoms with E-state index in [0.29, 0.717) is 12.6 Å². The average Bonchev–Trinajstić information content (AvgIpc) is 2.91. The lowest BCUT2D eigenvalue weighted by atomic mass is 10.2. The van der Waals surface area contributed by atoms with E-state index in [1.54, 1.807) is 4.90 Å². The predicted molar refractivity (Wildman–Crippen MR) is 69.1 cm³/mol. The Balaban J connectivity index is 2.37. The minimum Gasteiger partial charge on any atom is -0.444 e. The second-order valence-corrected chi connectivity index (χ2v) is 6.00. The monoisotopic (exact) mass is 242 g/mol. The molecule has 0 heterocycles. The Morgan fingerprint density at radius 3 is 2.41 bits per heavy atom. The van der Waals surface area contributed by atoms with Gasteiger partial charge in [-0.05, 0) is 47.5 Å². The summed E-state index contributed by atoms with van der Waals surface area (Å²) in [5.41, 5.74) is -0.422. The van der Waals surface area contributed by atoms with Gasteiger partial charge in [0.25, 0.3) is 0 Å². The highest BCUT2D eigenvalue weighted by Crippen LogP contribution is 2.18. The summed E-state index contributed by atoms with van der Waals surface area (Å²) in [6.45, 7) is 11.3. The number of carbonyl (C=O) groups is 1. The normalized spacial score (nSPS) is 16.1. The molecule has 1 N–H and O–H groups in total. The largest absolute Gasteiger partial charge is 0.444 e. The first-order valence-corrected chi connectivity index (χ1v) is 6.52. The molecule has 0 radical (unpaired) electrons. The van der Waals surface area contributed by atoms with Gasteiger partial charge >= 0.3 is 6.09 Å². The molecular weight excluding hydrogens is 216 g/mol. The fourth-order valence-corrected chi connectivity index (χ4v) is 1.56. The molecule has 1 saturated carbocycles. The van der Waals surface area contributed by atoms with Crippen molar-refractivity contribution < 1.29 is 9.53 Å². The first-order chi connectivity index (χ1) is 7.79. The van der Waals surface area contributed by atoms with Crippen molar-refractivity contribution in [1.82, 2.24) is 10.2 Å². The SMILES string of the molecule is CC(C)N(CCNC1CC1)C(=O)OC(C)(C)C. The molecule has 17 heavy (non-hydrogen) atoms. The maximum absolute atomic E-state index is 12.0. The summed E-state index contributed by atoms with van der Waals surface area (Å²) in [6, 6.07) is 0.855. The molecule has 0 saturated heterocycles. The van der Waals surface area contributed by atoms with Crippen LogP contribution in [0.5, 0.6) is 0 Å². The third-order valence-corrected chi connectivity index (χ3v) is 2.61. The Bertz CT molecular complexity index is 255. The van der Waals surface area contributed by atoms with E-state index >= 15 is 0 Å². The molecule has 0 atom stereocenters. The summed E-state index contributed by atoms with van der Waals surface area (Å²) in [6.07, 6.45) is 2.33. The Labute approximate surface area is 105 Å². The lowest BCUT2D eigenvalue weighted by molar-refractivity contribution is 0.0193. The number of hydrogen-bond donors (Lipinski definition) is 1. The van der Waals surface area contributed by atoms with Crippen molar-refractivity contribution in [3.63, 3.8) is 0 Å². The molecule has 1 rings (SSSR count). The number of nitrogens with zero attached hydrogens (tertiary/aromatic N) is 1. The van der Waals surface area contributed by atoms with Gasteiger partial charge in [-0.2, -0.15) is 0 Å². The maximum Gasteiger partial charge on any atom is 0.410 e. The average molecular weight is 242 g/mol. The van der Waals surface area contributed by atoms with Gasteiger partial charge in [0.2, 0.25) is 0 Å². The van der Waals surface area contributed by atoms with Crippen LogP contribution in [-0.4, -0.2) is 41.8 Å². The van der Waals surface area contributed by atoms with E-state index in [4.69, 9.17) is 4.74 Å². The standard InChI is InChI=1S/C13H26N2O2/c1-10(2)15(9-8-14-11-6-7-11)12(16)17-13(3,4)5/h10-11,14H,6-9H2,1-5H3. The minimum absolute atomic E-state index is 0.172. The van der Waals surface area contributed by atoms with Gasteiger partial charge in [-0.1, -0.05) is 0 Å². The van der Waals surface area contributed by atoms with Crippen LogP contribution in [0, 0.1) is 0 Å². The summed E-state index contributed by atoms with van der Waals surface area (Å²) in [7, 11) is 0. The molecule has 4 nitrogen and oxygen atoms in total. The van der Waals surface area contributed by atoms with Crippen LogP contribution in [0.2, 0.25) is 0 Å². The molecule has 4 heteroatoms. The molecule has 1 aliphatic carbocycles. The zero-order chi connectivity index (χ0) is 13.1. The van der Waals surface area contributed by atoms with Crippen LogP contribution in [0.1, 0.15) is 47.5 Å². The fourth-order valence-electron chi connectivity index (χ4n) is 1.56. The van der Waals surface area contributed by atoms with Crippen molar-refractivity contribution in [2.45, 2.75) is 65.1 Å². The highest BCUT2D eigenvalue weighted by Gasteiger charge is 2.25. The first-order valence-electron chi connectivity index (χ1n) is 6.52. The molecule has 0 bridgehead atoms. The molecule has 1 aliphatic rings. The molecule has 0 aromatic heterocycles. The number of nitrogens with one attached hydrogen (secondary N) is 1. The molecule has 0 aromatic carbocycles. The zero-order valence-electron chi connectivity index (χ0n) is 11.7. The van der Waals surface area contributed by atoms with Crippen molar-refractivity contribution in [3.05, 3.63) is 0 Å². The molecule has 0 aliphatic heterocycles. The van der Waals surface area contributed by atoms with Crippen LogP contribution in [0.4, 0.5) is 4.79 Å². The summed E-state index contributed by atoms with van der Waals surface area (Å²) >= 11 is 0. The van der Waals surface area contributed by atoms with Gasteiger partial charge in [-0.3, -0.25) is 0 Å². The molecule has 0 spiro atoms. The fraction of sp³-hybridized carbons (Fsp3) is 0.923. The Morgan fingerprint density at radius 2 is 2.00 bits per heavy atom. The summed E-state index contributed by atoms with van der Waals surface area (Å²) in [5.74, 6) is 0. The van der Waals surface area contributed by atoms with Crippen LogP contribution in [0.3, 0.4) is 0 Å². The molecule has 1 fully saturated rings. The van der Waals surface area contributed by atoms with E-state index in [0.717, 1.165) is 6.54 Å². The van der Waals surface area contributed by atoms with Gasteiger partial charge in [0.15, 0.2) is 0 Å². The topological polar surface area (TPSA) is 41.6 Å². The van der Waals surface area contributed by atoms with Crippen LogP contribution in [0.25, 0.3) is 0 Å². The van der Waals surface area contributed by atoms with Crippen LogP contribution in [-0.2, 0) is 4.74 Å². The van der Waals surface area contributed by atoms with E-state index < -0.39 is 5.60 Å². The number of hydrogen-bond acceptors (Lipinski definition) is 3. The zero-order valence-corrected chi connectivity index (χ0v) is 11.7. The molecule has 1 amide bonds. The van der Waals surface area contributed by atoms with Crippen LogP contribution < -0.4 is 5.32 Å². The maximum atomic E-state index is 12.0. The molecule has 100 valence electrons. The predicted octanol–water partition coefficient (Wildman–Crippen LogP) is 2.38. The van der Waals surface area contributed by atoms with Crippen molar-refractivity contribution in [2.24, 2.45) is 0 Å². The summed E-state index contributed by atoms with van der Waals surface area (Å²) in [4.78, 5) is 13.7. The summed E-state index contributed by atoms with van der Waals surface area (Å²) < 4.78 is 5.39. The highest BCUT2D eigenvalue weighted by molar-refractivity contribution is 5.68. The van der Waals surface area contributed by atoms with Crippen LogP contribution in [0.15, 0.2) is 0 Å². The van der Waals surface area contributed by atoms with E-state index in [1.165, 1.54) is 12.8 Å². The van der Waals surface area contributed by atoms with E-state index in [-0.39, 0.29) is 12.1 Å². The number of ether oxygens (including phenoxy) is 1. The van der Waals surface area contributed by atoms with Crippen molar-refractivity contribution >= 4 is 6.09 Å². The number of carbonyl (C=O) groups excluding carboxylic acids is 1. The highest BCUT2D eigenvalue weighted by atomic mass is 16.6. The smallest absolute Gasteiger partial charge is 0.410 e. The van der Waals surface area contributed by atoms with Gasteiger partial charge in [0, 0.05) is 25.2 Å². The first kappa shape index (κ1) is 14.3. The van der Waals surface area contributed by atoms with Gasteiger partial charge in [-0.25, -0.2) is 4.79 Å². The lowest BCUT2D eigenvalue weighted by Crippen LogP contribution is -2.44. The molecule has 0 aromatic rings. The molecular formula is C13H26N2O2. The number of amides is 1. The Kier molecular flexibility index (Phi) is 4.80. The van der Waals surface area contributed by atoms with Crippen molar-refractivity contribution in [2.75, 3.05) is 13.1 Å². The van der Waals surface area contributed by atoms with Gasteiger partial charge in [0.1, 0.15) is 5.60 Å². The third kappa shape index (κ3) is 5.91. The van der Waals surface area contributed by atoms with E-state index in [9.17, 15) is 4.79 Å². The van der Waals surface area contributed by atoms with Gasteiger partial charge in [0.05, 0.1) is 0 Å². The van der Waals surface area contributed by atoms with Crippen molar-refractivity contribution in [1.29, 1.82) is 0 Å². The Morgan fingerprint density at radius 1 is 1.41 bits per heavy atom. The second kappa shape index (κ2) is 5.71. The van der Waals surface area contributed by atoms with Crippen molar-refractivity contribution in [3.8, 4) is 0 Å². The molecule has 0 unspecified atom stereocenters.